The van der Waals surface area contributed by atoms with Crippen LogP contribution in [0.5, 0.6) is 0 Å². The molecule has 1 heterocycles. The summed E-state index contributed by atoms with van der Waals surface area (Å²) in [4.78, 5) is 0. The molecular formula is C14H19ClN2O2. The van der Waals surface area contributed by atoms with Gasteiger partial charge in [0.2, 0.25) is 0 Å². The Balaban J connectivity index is 0.000000218. The van der Waals surface area contributed by atoms with Gasteiger partial charge in [0.1, 0.15) is 6.07 Å². The third-order valence-corrected chi connectivity index (χ3v) is 3.38. The molecule has 19 heavy (non-hydrogen) atoms. The third-order valence-electron chi connectivity index (χ3n) is 2.95. The van der Waals surface area contributed by atoms with Gasteiger partial charge in [-0.3, -0.25) is 0 Å². The first-order valence-electron chi connectivity index (χ1n) is 6.18. The van der Waals surface area contributed by atoms with E-state index in [-0.39, 0.29) is 0 Å². The van der Waals surface area contributed by atoms with E-state index < -0.39 is 5.60 Å². The van der Waals surface area contributed by atoms with Gasteiger partial charge in [-0.2, -0.15) is 5.26 Å². The SMILES string of the molecule is CCc1c(N)ccc(C#N)c1Cl.C[C@@]1(O)CCOC1. The molecule has 0 amide bonds. The van der Waals surface area contributed by atoms with E-state index in [9.17, 15) is 0 Å². The number of rotatable bonds is 1. The van der Waals surface area contributed by atoms with Crippen LogP contribution in [0.3, 0.4) is 0 Å². The molecule has 104 valence electrons. The minimum Gasteiger partial charge on any atom is -0.398 e. The van der Waals surface area contributed by atoms with Crippen molar-refractivity contribution >= 4 is 17.3 Å². The van der Waals surface area contributed by atoms with E-state index >= 15 is 0 Å². The zero-order valence-corrected chi connectivity index (χ0v) is 12.0. The normalized spacial score (nSPS) is 21.4. The van der Waals surface area contributed by atoms with Gasteiger partial charge in [-0.25, -0.2) is 0 Å². The van der Waals surface area contributed by atoms with Crippen molar-refractivity contribution in [2.24, 2.45) is 0 Å². The summed E-state index contributed by atoms with van der Waals surface area (Å²) < 4.78 is 4.91. The molecule has 1 saturated heterocycles. The highest BCUT2D eigenvalue weighted by Crippen LogP contribution is 2.26. The van der Waals surface area contributed by atoms with Crippen LogP contribution in [0.15, 0.2) is 12.1 Å². The summed E-state index contributed by atoms with van der Waals surface area (Å²) in [6.07, 6.45) is 1.53. The average molecular weight is 283 g/mol. The number of hydrogen-bond donors (Lipinski definition) is 2. The molecule has 0 spiro atoms. The number of nitrogens with zero attached hydrogens (tertiary/aromatic N) is 1. The number of ether oxygens (including phenoxy) is 1. The minimum absolute atomic E-state index is 0.486. The summed E-state index contributed by atoms with van der Waals surface area (Å²) in [6, 6.07) is 5.36. The van der Waals surface area contributed by atoms with Crippen LogP contribution in [0.1, 0.15) is 31.4 Å². The van der Waals surface area contributed by atoms with Crippen LogP contribution in [0.4, 0.5) is 5.69 Å². The Morgan fingerprint density at radius 1 is 1.58 bits per heavy atom. The quantitative estimate of drug-likeness (QED) is 0.776. The van der Waals surface area contributed by atoms with Crippen molar-refractivity contribution in [1.82, 2.24) is 0 Å². The Labute approximate surface area is 118 Å². The van der Waals surface area contributed by atoms with Gasteiger partial charge in [-0.1, -0.05) is 18.5 Å². The van der Waals surface area contributed by atoms with Crippen LogP contribution in [0, 0.1) is 11.3 Å². The molecule has 1 aliphatic rings. The van der Waals surface area contributed by atoms with Crippen molar-refractivity contribution in [3.05, 3.63) is 28.3 Å². The van der Waals surface area contributed by atoms with Crippen LogP contribution in [-0.2, 0) is 11.2 Å². The van der Waals surface area contributed by atoms with Gasteiger partial charge in [-0.05, 0) is 31.0 Å². The standard InChI is InChI=1S/C9H9ClN2.C5H10O2/c1-2-7-8(12)4-3-6(5-11)9(7)10;1-5(6)2-3-7-4-5/h3-4H,2,12H2,1H3;6H,2-4H2,1H3/t;5-/m.1/s1. The van der Waals surface area contributed by atoms with E-state index in [0.717, 1.165) is 18.4 Å². The smallest absolute Gasteiger partial charge is 0.101 e. The lowest BCUT2D eigenvalue weighted by Gasteiger charge is -2.10. The molecule has 0 aromatic heterocycles. The number of benzene rings is 1. The van der Waals surface area contributed by atoms with Gasteiger partial charge in [0.25, 0.3) is 0 Å². The Hall–Kier alpha value is -1.28. The molecule has 1 aromatic carbocycles. The number of anilines is 1. The Morgan fingerprint density at radius 2 is 2.26 bits per heavy atom. The van der Waals surface area contributed by atoms with Crippen molar-refractivity contribution in [2.45, 2.75) is 32.3 Å². The van der Waals surface area contributed by atoms with Gasteiger partial charge in [-0.15, -0.1) is 0 Å². The largest absolute Gasteiger partial charge is 0.398 e. The predicted octanol–water partition coefficient (Wildman–Crippen LogP) is 2.51. The van der Waals surface area contributed by atoms with E-state index in [4.69, 9.17) is 32.4 Å². The first-order chi connectivity index (χ1) is 8.91. The lowest BCUT2D eigenvalue weighted by Crippen LogP contribution is -2.22. The summed E-state index contributed by atoms with van der Waals surface area (Å²) in [5.74, 6) is 0. The predicted molar refractivity (Wildman–Crippen MR) is 76.0 cm³/mol. The zero-order valence-electron chi connectivity index (χ0n) is 11.2. The van der Waals surface area contributed by atoms with E-state index in [1.807, 2.05) is 13.0 Å². The first-order valence-corrected chi connectivity index (χ1v) is 6.56. The minimum atomic E-state index is -0.528. The van der Waals surface area contributed by atoms with E-state index in [1.54, 1.807) is 19.1 Å². The second-order valence-electron chi connectivity index (χ2n) is 4.76. The van der Waals surface area contributed by atoms with Crippen LogP contribution < -0.4 is 5.73 Å². The summed E-state index contributed by atoms with van der Waals surface area (Å²) in [5.41, 5.74) is 7.13. The fraction of sp³-hybridized carbons (Fsp3) is 0.500. The molecule has 1 aromatic rings. The lowest BCUT2D eigenvalue weighted by atomic mass is 10.1. The Kier molecular flexibility index (Phi) is 5.61. The number of nitrogen functional groups attached to an aromatic ring is 1. The summed E-state index contributed by atoms with van der Waals surface area (Å²) in [6.45, 7) is 4.97. The van der Waals surface area contributed by atoms with Gasteiger partial charge in [0.05, 0.1) is 22.8 Å². The highest BCUT2D eigenvalue weighted by Gasteiger charge is 2.25. The molecule has 0 radical (unpaired) electrons. The third kappa shape index (κ3) is 4.39. The first kappa shape index (κ1) is 15.8. The monoisotopic (exact) mass is 282 g/mol. The van der Waals surface area contributed by atoms with Gasteiger partial charge in [0, 0.05) is 18.7 Å². The fourth-order valence-electron chi connectivity index (χ4n) is 1.74. The van der Waals surface area contributed by atoms with Crippen LogP contribution in [0.25, 0.3) is 0 Å². The van der Waals surface area contributed by atoms with E-state index in [2.05, 4.69) is 0 Å². The molecule has 0 aliphatic carbocycles. The molecule has 3 N–H and O–H groups in total. The number of halogens is 1. The highest BCUT2D eigenvalue weighted by atomic mass is 35.5. The number of hydrogen-bond acceptors (Lipinski definition) is 4. The molecule has 5 heteroatoms. The molecule has 1 atom stereocenters. The molecule has 0 unspecified atom stereocenters. The molecule has 0 saturated carbocycles. The number of aliphatic hydroxyl groups is 1. The van der Waals surface area contributed by atoms with E-state index in [1.165, 1.54) is 0 Å². The maximum atomic E-state index is 9.07. The zero-order chi connectivity index (χ0) is 14.5. The number of nitrogens with two attached hydrogens (primary N) is 1. The van der Waals surface area contributed by atoms with Crippen molar-refractivity contribution in [3.8, 4) is 6.07 Å². The van der Waals surface area contributed by atoms with E-state index in [0.29, 0.717) is 29.5 Å². The maximum Gasteiger partial charge on any atom is 0.101 e. The van der Waals surface area contributed by atoms with Crippen molar-refractivity contribution < 1.29 is 9.84 Å². The van der Waals surface area contributed by atoms with Gasteiger partial charge < -0.3 is 15.6 Å². The lowest BCUT2D eigenvalue weighted by molar-refractivity contribution is 0.0435. The molecular weight excluding hydrogens is 264 g/mol. The Morgan fingerprint density at radius 3 is 2.63 bits per heavy atom. The highest BCUT2D eigenvalue weighted by molar-refractivity contribution is 6.32. The Bertz CT molecular complexity index is 473. The molecule has 0 bridgehead atoms. The van der Waals surface area contributed by atoms with Crippen molar-refractivity contribution in [1.29, 1.82) is 5.26 Å². The number of nitriles is 1. The van der Waals surface area contributed by atoms with Crippen LogP contribution >= 0.6 is 11.6 Å². The van der Waals surface area contributed by atoms with Crippen LogP contribution in [0.2, 0.25) is 5.02 Å². The maximum absolute atomic E-state index is 9.07. The van der Waals surface area contributed by atoms with Crippen molar-refractivity contribution in [2.75, 3.05) is 18.9 Å². The second kappa shape index (κ2) is 6.76. The van der Waals surface area contributed by atoms with Crippen molar-refractivity contribution in [3.63, 3.8) is 0 Å². The summed E-state index contributed by atoms with van der Waals surface area (Å²) in [7, 11) is 0. The van der Waals surface area contributed by atoms with Gasteiger partial charge in [0.15, 0.2) is 0 Å². The molecule has 1 aliphatic heterocycles. The average Bonchev–Trinajstić information content (AvgIpc) is 2.75. The summed E-state index contributed by atoms with van der Waals surface area (Å²) >= 11 is 5.91. The molecule has 2 rings (SSSR count). The van der Waals surface area contributed by atoms with Crippen LogP contribution in [-0.4, -0.2) is 23.9 Å². The summed E-state index contributed by atoms with van der Waals surface area (Å²) in [5, 5.41) is 18.2. The fourth-order valence-corrected chi connectivity index (χ4v) is 2.09. The molecule has 1 fully saturated rings. The molecule has 4 nitrogen and oxygen atoms in total. The van der Waals surface area contributed by atoms with Gasteiger partial charge >= 0.3 is 0 Å². The topological polar surface area (TPSA) is 79.3 Å². The second-order valence-corrected chi connectivity index (χ2v) is 5.14.